The summed E-state index contributed by atoms with van der Waals surface area (Å²) in [4.78, 5) is 23.6. The van der Waals surface area contributed by atoms with Crippen LogP contribution in [0.5, 0.6) is 0 Å². The van der Waals surface area contributed by atoms with Crippen molar-refractivity contribution in [2.24, 2.45) is 5.92 Å². The summed E-state index contributed by atoms with van der Waals surface area (Å²) >= 11 is 0. The monoisotopic (exact) mass is 261 g/mol. The lowest BCUT2D eigenvalue weighted by Gasteiger charge is -2.08. The van der Waals surface area contributed by atoms with Crippen molar-refractivity contribution in [3.8, 4) is 0 Å². The molecule has 0 heterocycles. The van der Waals surface area contributed by atoms with Gasteiger partial charge in [-0.15, -0.1) is 0 Å². The van der Waals surface area contributed by atoms with Crippen LogP contribution in [0.25, 0.3) is 0 Å². The van der Waals surface area contributed by atoms with Crippen LogP contribution in [0.3, 0.4) is 0 Å². The predicted molar refractivity (Wildman–Crippen MR) is 77.3 cm³/mol. The highest BCUT2D eigenvalue weighted by atomic mass is 16.2. The molecule has 1 aromatic carbocycles. The number of aryl methyl sites for hydroxylation is 2. The average Bonchev–Trinajstić information content (AvgIpc) is 2.33. The van der Waals surface area contributed by atoms with Crippen LogP contribution in [0.4, 0.5) is 0 Å². The molecule has 1 rings (SSSR count). The van der Waals surface area contributed by atoms with Gasteiger partial charge in [0.1, 0.15) is 0 Å². The molecule has 0 fully saturated rings. The lowest BCUT2D eigenvalue weighted by molar-refractivity contribution is -0.121. The van der Waals surface area contributed by atoms with Gasteiger partial charge in [-0.25, -0.2) is 0 Å². The maximum absolute atomic E-state index is 12.0. The summed E-state index contributed by atoms with van der Waals surface area (Å²) in [7, 11) is 0. The second-order valence-electron chi connectivity index (χ2n) is 5.44. The maximum Gasteiger partial charge on any atom is 0.220 e. The number of ketones is 1. The summed E-state index contributed by atoms with van der Waals surface area (Å²) in [6.45, 7) is 8.68. The minimum atomic E-state index is -0.0492. The standard InChI is InChI=1S/C16H23NO2/c1-11(2)10-17-16(19)8-7-15(18)14-6-5-12(3)9-13(14)4/h5-6,9,11H,7-8,10H2,1-4H3,(H,17,19). The Labute approximate surface area is 115 Å². The number of Topliss-reactive ketones (excluding diaryl/α,β-unsaturated/α-hetero) is 1. The Bertz CT molecular complexity index is 464. The summed E-state index contributed by atoms with van der Waals surface area (Å²) in [5.74, 6) is 0.419. The molecule has 0 saturated carbocycles. The first-order valence-corrected chi connectivity index (χ1v) is 6.77. The first kappa shape index (κ1) is 15.4. The molecule has 0 aliphatic carbocycles. The summed E-state index contributed by atoms with van der Waals surface area (Å²) < 4.78 is 0. The van der Waals surface area contributed by atoms with Gasteiger partial charge >= 0.3 is 0 Å². The first-order valence-electron chi connectivity index (χ1n) is 6.77. The van der Waals surface area contributed by atoms with E-state index in [1.807, 2.05) is 45.9 Å². The molecule has 0 radical (unpaired) electrons. The molecular weight excluding hydrogens is 238 g/mol. The minimum absolute atomic E-state index is 0.0391. The molecule has 0 aliphatic rings. The molecule has 0 saturated heterocycles. The zero-order chi connectivity index (χ0) is 14.4. The van der Waals surface area contributed by atoms with E-state index in [4.69, 9.17) is 0 Å². The Balaban J connectivity index is 2.49. The number of carbonyl (C=O) groups excluding carboxylic acids is 2. The third kappa shape index (κ3) is 5.25. The molecular formula is C16H23NO2. The number of benzene rings is 1. The van der Waals surface area contributed by atoms with Gasteiger partial charge in [-0.3, -0.25) is 9.59 Å². The van der Waals surface area contributed by atoms with Gasteiger partial charge in [0.15, 0.2) is 5.78 Å². The topological polar surface area (TPSA) is 46.2 Å². The van der Waals surface area contributed by atoms with Crippen LogP contribution in [-0.4, -0.2) is 18.2 Å². The second-order valence-corrected chi connectivity index (χ2v) is 5.44. The van der Waals surface area contributed by atoms with Crippen molar-refractivity contribution in [2.75, 3.05) is 6.54 Å². The van der Waals surface area contributed by atoms with Gasteiger partial charge < -0.3 is 5.32 Å². The zero-order valence-electron chi connectivity index (χ0n) is 12.2. The minimum Gasteiger partial charge on any atom is -0.356 e. The van der Waals surface area contributed by atoms with Gasteiger partial charge in [-0.05, 0) is 25.3 Å². The number of hydrogen-bond donors (Lipinski definition) is 1. The molecule has 0 aliphatic heterocycles. The van der Waals surface area contributed by atoms with Crippen LogP contribution in [0.1, 0.15) is 48.2 Å². The Hall–Kier alpha value is -1.64. The molecule has 0 aromatic heterocycles. The van der Waals surface area contributed by atoms with Crippen LogP contribution in [-0.2, 0) is 4.79 Å². The van der Waals surface area contributed by atoms with Gasteiger partial charge in [0, 0.05) is 24.9 Å². The molecule has 104 valence electrons. The molecule has 3 nitrogen and oxygen atoms in total. The fourth-order valence-electron chi connectivity index (χ4n) is 1.89. The second kappa shape index (κ2) is 7.07. The Morgan fingerprint density at radius 3 is 2.42 bits per heavy atom. The van der Waals surface area contributed by atoms with Crippen molar-refractivity contribution in [1.82, 2.24) is 5.32 Å². The zero-order valence-corrected chi connectivity index (χ0v) is 12.2. The molecule has 0 spiro atoms. The predicted octanol–water partition coefficient (Wildman–Crippen LogP) is 3.04. The van der Waals surface area contributed by atoms with Crippen molar-refractivity contribution in [3.63, 3.8) is 0 Å². The highest BCUT2D eigenvalue weighted by Gasteiger charge is 2.11. The summed E-state index contributed by atoms with van der Waals surface area (Å²) in [5, 5.41) is 2.82. The van der Waals surface area contributed by atoms with E-state index in [0.717, 1.165) is 16.7 Å². The number of nitrogens with one attached hydrogen (secondary N) is 1. The van der Waals surface area contributed by atoms with E-state index in [-0.39, 0.29) is 24.5 Å². The van der Waals surface area contributed by atoms with Crippen molar-refractivity contribution in [1.29, 1.82) is 0 Å². The molecule has 1 amide bonds. The highest BCUT2D eigenvalue weighted by molar-refractivity contribution is 5.99. The normalized spacial score (nSPS) is 10.6. The van der Waals surface area contributed by atoms with E-state index in [2.05, 4.69) is 5.32 Å². The van der Waals surface area contributed by atoms with E-state index in [1.54, 1.807) is 0 Å². The lowest BCUT2D eigenvalue weighted by Crippen LogP contribution is -2.27. The highest BCUT2D eigenvalue weighted by Crippen LogP contribution is 2.13. The Morgan fingerprint density at radius 1 is 1.16 bits per heavy atom. The molecule has 19 heavy (non-hydrogen) atoms. The van der Waals surface area contributed by atoms with Crippen LogP contribution in [0, 0.1) is 19.8 Å². The molecule has 3 heteroatoms. The third-order valence-electron chi connectivity index (χ3n) is 2.97. The average molecular weight is 261 g/mol. The van der Waals surface area contributed by atoms with Crippen LogP contribution in [0.2, 0.25) is 0 Å². The van der Waals surface area contributed by atoms with Gasteiger partial charge in [0.05, 0.1) is 0 Å². The van der Waals surface area contributed by atoms with Crippen LogP contribution < -0.4 is 5.32 Å². The number of hydrogen-bond acceptors (Lipinski definition) is 2. The van der Waals surface area contributed by atoms with E-state index < -0.39 is 0 Å². The van der Waals surface area contributed by atoms with Gasteiger partial charge in [0.25, 0.3) is 0 Å². The molecule has 1 N–H and O–H groups in total. The SMILES string of the molecule is Cc1ccc(C(=O)CCC(=O)NCC(C)C)c(C)c1. The third-order valence-corrected chi connectivity index (χ3v) is 2.97. The van der Waals surface area contributed by atoms with Crippen molar-refractivity contribution < 1.29 is 9.59 Å². The summed E-state index contributed by atoms with van der Waals surface area (Å²) in [6, 6.07) is 5.77. The van der Waals surface area contributed by atoms with E-state index in [0.29, 0.717) is 12.5 Å². The van der Waals surface area contributed by atoms with Crippen LogP contribution >= 0.6 is 0 Å². The van der Waals surface area contributed by atoms with E-state index in [9.17, 15) is 9.59 Å². The first-order chi connectivity index (χ1) is 8.90. The van der Waals surface area contributed by atoms with Crippen molar-refractivity contribution in [3.05, 3.63) is 34.9 Å². The Morgan fingerprint density at radius 2 is 1.84 bits per heavy atom. The van der Waals surface area contributed by atoms with Crippen molar-refractivity contribution >= 4 is 11.7 Å². The fourth-order valence-corrected chi connectivity index (χ4v) is 1.89. The van der Waals surface area contributed by atoms with Crippen molar-refractivity contribution in [2.45, 2.75) is 40.5 Å². The maximum atomic E-state index is 12.0. The molecule has 1 aromatic rings. The number of carbonyl (C=O) groups is 2. The van der Waals surface area contributed by atoms with Gasteiger partial charge in [-0.1, -0.05) is 37.6 Å². The molecule has 0 bridgehead atoms. The number of amides is 1. The van der Waals surface area contributed by atoms with Gasteiger partial charge in [0.2, 0.25) is 5.91 Å². The number of rotatable bonds is 6. The summed E-state index contributed by atoms with van der Waals surface area (Å²) in [5.41, 5.74) is 2.85. The summed E-state index contributed by atoms with van der Waals surface area (Å²) in [6.07, 6.45) is 0.534. The Kier molecular flexibility index (Phi) is 5.74. The van der Waals surface area contributed by atoms with E-state index >= 15 is 0 Å². The lowest BCUT2D eigenvalue weighted by atomic mass is 9.99. The fraction of sp³-hybridized carbons (Fsp3) is 0.500. The smallest absolute Gasteiger partial charge is 0.220 e. The van der Waals surface area contributed by atoms with Gasteiger partial charge in [-0.2, -0.15) is 0 Å². The molecule has 0 atom stereocenters. The quantitative estimate of drug-likeness (QED) is 0.800. The largest absolute Gasteiger partial charge is 0.356 e. The molecule has 0 unspecified atom stereocenters. The van der Waals surface area contributed by atoms with Crippen LogP contribution in [0.15, 0.2) is 18.2 Å². The van der Waals surface area contributed by atoms with E-state index in [1.165, 1.54) is 0 Å².